The van der Waals surface area contributed by atoms with Crippen LogP contribution in [0.5, 0.6) is 0 Å². The van der Waals surface area contributed by atoms with Crippen LogP contribution in [0, 0.1) is 12.3 Å². The first-order chi connectivity index (χ1) is 4.06. The van der Waals surface area contributed by atoms with Gasteiger partial charge in [0.25, 0.3) is 0 Å². The van der Waals surface area contributed by atoms with E-state index in [1.54, 1.807) is 13.8 Å². The van der Waals surface area contributed by atoms with Crippen LogP contribution in [0.15, 0.2) is 0 Å². The molecule has 2 N–H and O–H groups in total. The second kappa shape index (κ2) is 7.38. The van der Waals surface area contributed by atoms with Gasteiger partial charge in [-0.05, 0) is 13.8 Å². The number of terminal acetylenes is 1. The van der Waals surface area contributed by atoms with Crippen molar-refractivity contribution in [1.29, 1.82) is 0 Å². The van der Waals surface area contributed by atoms with E-state index in [9.17, 15) is 4.79 Å². The Morgan fingerprint density at radius 3 is 2.00 bits per heavy atom. The first-order valence-corrected chi connectivity index (χ1v) is 2.92. The molecule has 1 atom stereocenters. The average molecular weight is 145 g/mol. The van der Waals surface area contributed by atoms with Gasteiger partial charge in [-0.1, -0.05) is 0 Å². The Hall–Kier alpha value is -0.620. The van der Waals surface area contributed by atoms with Gasteiger partial charge in [-0.2, -0.15) is 12.6 Å². The Labute approximate surface area is 61.2 Å². The van der Waals surface area contributed by atoms with E-state index in [4.69, 9.17) is 5.73 Å². The number of amides is 1. The minimum absolute atomic E-state index is 0.315. The van der Waals surface area contributed by atoms with Crippen LogP contribution < -0.4 is 5.73 Å². The lowest BCUT2D eigenvalue weighted by atomic mass is 10.5. The zero-order valence-corrected chi connectivity index (χ0v) is 6.48. The van der Waals surface area contributed by atoms with E-state index in [0.29, 0.717) is 0 Å². The molecule has 0 aliphatic heterocycles. The van der Waals surface area contributed by atoms with Crippen LogP contribution in [-0.2, 0) is 4.79 Å². The summed E-state index contributed by atoms with van der Waals surface area (Å²) in [6.45, 7) is 3.28. The molecule has 0 aromatic rings. The summed E-state index contributed by atoms with van der Waals surface area (Å²) in [7, 11) is 0. The van der Waals surface area contributed by atoms with Crippen LogP contribution in [0.2, 0.25) is 0 Å². The molecule has 3 heteroatoms. The SMILES string of the molecule is C#CC.CC(S)C(N)=O. The number of carbonyl (C=O) groups excluding carboxylic acids is 1. The van der Waals surface area contributed by atoms with Crippen LogP contribution in [0.3, 0.4) is 0 Å². The van der Waals surface area contributed by atoms with Crippen LogP contribution in [0.4, 0.5) is 0 Å². The molecule has 0 aliphatic rings. The predicted octanol–water partition coefficient (Wildman–Crippen LogP) is 0.429. The number of primary amides is 1. The smallest absolute Gasteiger partial charge is 0.229 e. The third kappa shape index (κ3) is 18.7. The molecule has 0 saturated heterocycles. The lowest BCUT2D eigenvalue weighted by Crippen LogP contribution is -2.20. The molecule has 0 aromatic heterocycles. The van der Waals surface area contributed by atoms with Gasteiger partial charge in [0, 0.05) is 0 Å². The lowest BCUT2D eigenvalue weighted by Gasteiger charge is -1.90. The summed E-state index contributed by atoms with van der Waals surface area (Å²) in [4.78, 5) is 9.84. The van der Waals surface area contributed by atoms with Crippen molar-refractivity contribution in [3.63, 3.8) is 0 Å². The normalized spacial score (nSPS) is 10.0. The summed E-state index contributed by atoms with van der Waals surface area (Å²) in [5.41, 5.74) is 4.72. The summed E-state index contributed by atoms with van der Waals surface area (Å²) in [5.74, 6) is 1.87. The van der Waals surface area contributed by atoms with Crippen molar-refractivity contribution in [1.82, 2.24) is 0 Å². The second-order valence-electron chi connectivity index (χ2n) is 1.37. The van der Waals surface area contributed by atoms with Crippen molar-refractivity contribution in [2.75, 3.05) is 0 Å². The Bertz CT molecular complexity index is 115. The van der Waals surface area contributed by atoms with Crippen molar-refractivity contribution in [2.45, 2.75) is 19.1 Å². The minimum atomic E-state index is -0.377. The summed E-state index contributed by atoms with van der Waals surface area (Å²) in [6, 6.07) is 0. The molecule has 1 unspecified atom stereocenters. The van der Waals surface area contributed by atoms with Gasteiger partial charge < -0.3 is 5.73 Å². The fourth-order valence-electron chi connectivity index (χ4n) is 0. The van der Waals surface area contributed by atoms with E-state index in [-0.39, 0.29) is 11.2 Å². The Morgan fingerprint density at radius 2 is 2.00 bits per heavy atom. The fourth-order valence-corrected chi connectivity index (χ4v) is 0. The molecule has 0 radical (unpaired) electrons. The van der Waals surface area contributed by atoms with Gasteiger partial charge >= 0.3 is 0 Å². The first kappa shape index (κ1) is 11.2. The van der Waals surface area contributed by atoms with Crippen molar-refractivity contribution < 1.29 is 4.79 Å². The van der Waals surface area contributed by atoms with Gasteiger partial charge in [-0.3, -0.25) is 4.79 Å². The summed E-state index contributed by atoms with van der Waals surface area (Å²) < 4.78 is 0. The molecule has 0 saturated carbocycles. The molecule has 9 heavy (non-hydrogen) atoms. The Balaban J connectivity index is 0. The highest BCUT2D eigenvalue weighted by Crippen LogP contribution is 1.86. The van der Waals surface area contributed by atoms with Crippen molar-refractivity contribution in [3.8, 4) is 12.3 Å². The van der Waals surface area contributed by atoms with Gasteiger partial charge in [0.1, 0.15) is 0 Å². The molecule has 0 spiro atoms. The number of rotatable bonds is 1. The van der Waals surface area contributed by atoms with Crippen LogP contribution in [-0.4, -0.2) is 11.2 Å². The molecule has 2 nitrogen and oxygen atoms in total. The third-order valence-electron chi connectivity index (χ3n) is 0.412. The summed E-state index contributed by atoms with van der Waals surface area (Å²) >= 11 is 3.72. The molecule has 52 valence electrons. The van der Waals surface area contributed by atoms with Gasteiger partial charge in [0.2, 0.25) is 5.91 Å². The van der Waals surface area contributed by atoms with E-state index < -0.39 is 0 Å². The number of nitrogens with two attached hydrogens (primary N) is 1. The molecule has 0 rings (SSSR count). The van der Waals surface area contributed by atoms with Gasteiger partial charge in [0.05, 0.1) is 5.25 Å². The van der Waals surface area contributed by atoms with Crippen molar-refractivity contribution in [3.05, 3.63) is 0 Å². The molecular weight excluding hydrogens is 134 g/mol. The number of hydrogen-bond donors (Lipinski definition) is 2. The standard InChI is InChI=1S/C3H7NOS.C3H4/c1-2(6)3(4)5;1-3-2/h2,6H,1H3,(H2,4,5);1H,2H3. The van der Waals surface area contributed by atoms with Crippen molar-refractivity contribution in [2.24, 2.45) is 5.73 Å². The highest BCUT2D eigenvalue weighted by Gasteiger charge is 1.97. The maximum atomic E-state index is 9.84. The van der Waals surface area contributed by atoms with E-state index >= 15 is 0 Å². The quantitative estimate of drug-likeness (QED) is 0.408. The summed E-state index contributed by atoms with van der Waals surface area (Å²) in [6.07, 6.45) is 4.60. The number of thiol groups is 1. The van der Waals surface area contributed by atoms with Gasteiger partial charge in [-0.25, -0.2) is 0 Å². The zero-order valence-electron chi connectivity index (χ0n) is 5.59. The van der Waals surface area contributed by atoms with E-state index in [2.05, 4.69) is 25.0 Å². The largest absolute Gasteiger partial charge is 0.369 e. The maximum Gasteiger partial charge on any atom is 0.229 e. The highest BCUT2D eigenvalue weighted by molar-refractivity contribution is 7.81. The summed E-state index contributed by atoms with van der Waals surface area (Å²) in [5, 5.41) is -0.315. The second-order valence-corrected chi connectivity index (χ2v) is 2.14. The lowest BCUT2D eigenvalue weighted by molar-refractivity contribution is -0.117. The average Bonchev–Trinajstić information content (AvgIpc) is 1.68. The molecular formula is C6H11NOS. The predicted molar refractivity (Wildman–Crippen MR) is 42.1 cm³/mol. The number of hydrogen-bond acceptors (Lipinski definition) is 2. The molecule has 1 amide bonds. The molecule has 0 aliphatic carbocycles. The Kier molecular flexibility index (Phi) is 9.19. The van der Waals surface area contributed by atoms with Crippen LogP contribution in [0.25, 0.3) is 0 Å². The molecule has 0 aromatic carbocycles. The number of carbonyl (C=O) groups is 1. The van der Waals surface area contributed by atoms with Gasteiger partial charge in [-0.15, -0.1) is 12.3 Å². The van der Waals surface area contributed by atoms with E-state index in [0.717, 1.165) is 0 Å². The van der Waals surface area contributed by atoms with E-state index in [1.807, 2.05) is 0 Å². The monoisotopic (exact) mass is 145 g/mol. The Morgan fingerprint density at radius 1 is 1.89 bits per heavy atom. The van der Waals surface area contributed by atoms with Gasteiger partial charge in [0.15, 0.2) is 0 Å². The highest BCUT2D eigenvalue weighted by atomic mass is 32.1. The van der Waals surface area contributed by atoms with Crippen LogP contribution in [0.1, 0.15) is 13.8 Å². The third-order valence-corrected chi connectivity index (χ3v) is 0.666. The van der Waals surface area contributed by atoms with Crippen molar-refractivity contribution >= 4 is 18.5 Å². The molecule has 0 bridgehead atoms. The first-order valence-electron chi connectivity index (χ1n) is 2.41. The molecule has 0 heterocycles. The minimum Gasteiger partial charge on any atom is -0.369 e. The maximum absolute atomic E-state index is 9.84. The topological polar surface area (TPSA) is 43.1 Å². The van der Waals surface area contributed by atoms with Crippen LogP contribution >= 0.6 is 12.6 Å². The fraction of sp³-hybridized carbons (Fsp3) is 0.500. The zero-order chi connectivity index (χ0) is 7.86. The molecule has 0 fully saturated rings. The van der Waals surface area contributed by atoms with E-state index in [1.165, 1.54) is 0 Å².